The molecule has 0 aliphatic carbocycles. The van der Waals surface area contributed by atoms with Crippen LogP contribution in [0, 0.1) is 0 Å². The van der Waals surface area contributed by atoms with Crippen LogP contribution in [0.2, 0.25) is 0 Å². The SMILES string of the molecule is CC1(CCC(N)=O)OCCc2nc(-c3ccccc3)sc21. The fourth-order valence-corrected chi connectivity index (χ4v) is 3.87. The van der Waals surface area contributed by atoms with E-state index in [4.69, 9.17) is 15.5 Å². The molecular formula is C16H18N2O2S. The summed E-state index contributed by atoms with van der Waals surface area (Å²) in [5, 5.41) is 1.01. The third-order valence-corrected chi connectivity index (χ3v) is 5.20. The van der Waals surface area contributed by atoms with Gasteiger partial charge in [0.2, 0.25) is 5.91 Å². The molecule has 2 N–H and O–H groups in total. The van der Waals surface area contributed by atoms with E-state index < -0.39 is 5.60 Å². The van der Waals surface area contributed by atoms with Gasteiger partial charge in [0.05, 0.1) is 17.2 Å². The third-order valence-electron chi connectivity index (χ3n) is 3.81. The van der Waals surface area contributed by atoms with Gasteiger partial charge in [-0.15, -0.1) is 11.3 Å². The van der Waals surface area contributed by atoms with E-state index in [0.29, 0.717) is 19.4 Å². The number of nitrogens with zero attached hydrogens (tertiary/aromatic N) is 1. The van der Waals surface area contributed by atoms with E-state index in [1.807, 2.05) is 25.1 Å². The zero-order valence-electron chi connectivity index (χ0n) is 12.0. The van der Waals surface area contributed by atoms with Gasteiger partial charge in [0.15, 0.2) is 0 Å². The van der Waals surface area contributed by atoms with Gasteiger partial charge in [-0.1, -0.05) is 30.3 Å². The van der Waals surface area contributed by atoms with E-state index in [1.54, 1.807) is 11.3 Å². The Kier molecular flexibility index (Phi) is 3.78. The van der Waals surface area contributed by atoms with Crippen LogP contribution >= 0.6 is 11.3 Å². The summed E-state index contributed by atoms with van der Waals surface area (Å²) in [5.41, 5.74) is 7.04. The van der Waals surface area contributed by atoms with Gasteiger partial charge in [-0.2, -0.15) is 0 Å². The Hall–Kier alpha value is -1.72. The number of aromatic nitrogens is 1. The highest BCUT2D eigenvalue weighted by atomic mass is 32.1. The lowest BCUT2D eigenvalue weighted by Crippen LogP contribution is -2.32. The maximum atomic E-state index is 11.1. The van der Waals surface area contributed by atoms with Crippen molar-refractivity contribution < 1.29 is 9.53 Å². The van der Waals surface area contributed by atoms with Crippen molar-refractivity contribution in [2.75, 3.05) is 6.61 Å². The number of amides is 1. The lowest BCUT2D eigenvalue weighted by Gasteiger charge is -2.32. The standard InChI is InChI=1S/C16H18N2O2S/c1-16(9-7-13(17)19)14-12(8-10-20-16)18-15(21-14)11-5-3-2-4-6-11/h2-6H,7-10H2,1H3,(H2,17,19). The number of benzene rings is 1. The average molecular weight is 302 g/mol. The number of thiazole rings is 1. The highest BCUT2D eigenvalue weighted by Crippen LogP contribution is 2.42. The van der Waals surface area contributed by atoms with Gasteiger partial charge in [-0.25, -0.2) is 4.98 Å². The summed E-state index contributed by atoms with van der Waals surface area (Å²) in [7, 11) is 0. The van der Waals surface area contributed by atoms with Crippen molar-refractivity contribution in [3.8, 4) is 10.6 Å². The van der Waals surface area contributed by atoms with Gasteiger partial charge < -0.3 is 10.5 Å². The Balaban J connectivity index is 1.95. The molecule has 0 bridgehead atoms. The van der Waals surface area contributed by atoms with E-state index in [0.717, 1.165) is 27.6 Å². The molecule has 21 heavy (non-hydrogen) atoms. The second-order valence-electron chi connectivity index (χ2n) is 5.46. The largest absolute Gasteiger partial charge is 0.370 e. The molecule has 4 nitrogen and oxygen atoms in total. The molecule has 5 heteroatoms. The number of carbonyl (C=O) groups excluding carboxylic acids is 1. The normalized spacial score (nSPS) is 21.0. The first kappa shape index (κ1) is 14.2. The van der Waals surface area contributed by atoms with E-state index in [1.165, 1.54) is 0 Å². The summed E-state index contributed by atoms with van der Waals surface area (Å²) in [4.78, 5) is 17.0. The van der Waals surface area contributed by atoms with Crippen molar-refractivity contribution >= 4 is 17.2 Å². The Morgan fingerprint density at radius 1 is 1.43 bits per heavy atom. The Bertz CT molecular complexity index is 654. The van der Waals surface area contributed by atoms with Gasteiger partial charge >= 0.3 is 0 Å². The van der Waals surface area contributed by atoms with E-state index in [9.17, 15) is 4.79 Å². The Morgan fingerprint density at radius 3 is 2.90 bits per heavy atom. The quantitative estimate of drug-likeness (QED) is 0.944. The molecule has 0 fully saturated rings. The minimum Gasteiger partial charge on any atom is -0.370 e. The predicted molar refractivity (Wildman–Crippen MR) is 83.0 cm³/mol. The average Bonchev–Trinajstić information content (AvgIpc) is 2.92. The van der Waals surface area contributed by atoms with Crippen LogP contribution in [0.1, 0.15) is 30.3 Å². The minimum absolute atomic E-state index is 0.292. The number of hydrogen-bond acceptors (Lipinski definition) is 4. The van der Waals surface area contributed by atoms with Crippen molar-refractivity contribution in [3.05, 3.63) is 40.9 Å². The van der Waals surface area contributed by atoms with Crippen molar-refractivity contribution in [3.63, 3.8) is 0 Å². The molecule has 1 unspecified atom stereocenters. The first-order valence-corrected chi connectivity index (χ1v) is 7.88. The summed E-state index contributed by atoms with van der Waals surface area (Å²) in [6.45, 7) is 2.67. The van der Waals surface area contributed by atoms with Crippen molar-refractivity contribution in [2.45, 2.75) is 31.8 Å². The summed E-state index contributed by atoms with van der Waals surface area (Å²) in [6.07, 6.45) is 1.76. The zero-order chi connectivity index (χ0) is 14.9. The van der Waals surface area contributed by atoms with Crippen molar-refractivity contribution in [1.29, 1.82) is 0 Å². The Labute approximate surface area is 128 Å². The van der Waals surface area contributed by atoms with Gasteiger partial charge in [0, 0.05) is 18.4 Å². The number of carbonyl (C=O) groups is 1. The number of ether oxygens (including phenoxy) is 1. The van der Waals surface area contributed by atoms with E-state index in [2.05, 4.69) is 12.1 Å². The number of primary amides is 1. The van der Waals surface area contributed by atoms with Crippen LogP contribution in [0.25, 0.3) is 10.6 Å². The maximum Gasteiger partial charge on any atom is 0.217 e. The summed E-state index contributed by atoms with van der Waals surface area (Å²) in [5.74, 6) is -0.292. The van der Waals surface area contributed by atoms with E-state index in [-0.39, 0.29) is 5.91 Å². The van der Waals surface area contributed by atoms with Crippen LogP contribution in [0.5, 0.6) is 0 Å². The molecule has 1 atom stereocenters. The molecule has 0 saturated carbocycles. The molecule has 1 aromatic carbocycles. The highest BCUT2D eigenvalue weighted by Gasteiger charge is 2.36. The second-order valence-corrected chi connectivity index (χ2v) is 6.46. The molecule has 0 saturated heterocycles. The number of fused-ring (bicyclic) bond motifs is 1. The first-order chi connectivity index (χ1) is 10.1. The molecule has 1 aromatic heterocycles. The predicted octanol–water partition coefficient (Wildman–Crippen LogP) is 2.86. The first-order valence-electron chi connectivity index (χ1n) is 7.06. The van der Waals surface area contributed by atoms with Crippen LogP contribution in [-0.2, 0) is 21.6 Å². The summed E-state index contributed by atoms with van der Waals surface area (Å²) >= 11 is 1.66. The zero-order valence-corrected chi connectivity index (χ0v) is 12.8. The fourth-order valence-electron chi connectivity index (χ4n) is 2.62. The van der Waals surface area contributed by atoms with Gasteiger partial charge in [-0.3, -0.25) is 4.79 Å². The topological polar surface area (TPSA) is 65.2 Å². The van der Waals surface area contributed by atoms with E-state index >= 15 is 0 Å². The van der Waals surface area contributed by atoms with Crippen LogP contribution in [0.15, 0.2) is 30.3 Å². The second kappa shape index (κ2) is 5.58. The fraction of sp³-hybridized carbons (Fsp3) is 0.375. The highest BCUT2D eigenvalue weighted by molar-refractivity contribution is 7.15. The molecule has 0 radical (unpaired) electrons. The van der Waals surface area contributed by atoms with Gasteiger partial charge in [0.25, 0.3) is 0 Å². The van der Waals surface area contributed by atoms with Crippen LogP contribution < -0.4 is 5.73 Å². The molecule has 1 aliphatic rings. The van der Waals surface area contributed by atoms with Gasteiger partial charge in [-0.05, 0) is 13.3 Å². The monoisotopic (exact) mass is 302 g/mol. The summed E-state index contributed by atoms with van der Waals surface area (Å²) in [6, 6.07) is 10.1. The Morgan fingerprint density at radius 2 is 2.19 bits per heavy atom. The number of rotatable bonds is 4. The lowest BCUT2D eigenvalue weighted by atomic mass is 9.93. The van der Waals surface area contributed by atoms with Crippen LogP contribution in [0.4, 0.5) is 0 Å². The molecule has 1 amide bonds. The molecule has 0 spiro atoms. The molecule has 1 aliphatic heterocycles. The molecular weight excluding hydrogens is 284 g/mol. The molecule has 2 heterocycles. The molecule has 3 rings (SSSR count). The molecule has 110 valence electrons. The smallest absolute Gasteiger partial charge is 0.217 e. The number of nitrogens with two attached hydrogens (primary N) is 1. The van der Waals surface area contributed by atoms with Gasteiger partial charge in [0.1, 0.15) is 10.6 Å². The van der Waals surface area contributed by atoms with Crippen LogP contribution in [-0.4, -0.2) is 17.5 Å². The molecule has 2 aromatic rings. The van der Waals surface area contributed by atoms with Crippen molar-refractivity contribution in [1.82, 2.24) is 4.98 Å². The summed E-state index contributed by atoms with van der Waals surface area (Å²) < 4.78 is 5.95. The maximum absolute atomic E-state index is 11.1. The van der Waals surface area contributed by atoms with Crippen molar-refractivity contribution in [2.24, 2.45) is 5.73 Å². The van der Waals surface area contributed by atoms with Crippen LogP contribution in [0.3, 0.4) is 0 Å². The minimum atomic E-state index is -0.451. The lowest BCUT2D eigenvalue weighted by molar-refractivity contribution is -0.120. The third kappa shape index (κ3) is 2.84. The number of hydrogen-bond donors (Lipinski definition) is 1.